The fraction of sp³-hybridized carbons (Fsp3) is 0. The summed E-state index contributed by atoms with van der Waals surface area (Å²) >= 11 is 0. The third kappa shape index (κ3) is 1.96. The van der Waals surface area contributed by atoms with Gasteiger partial charge in [0.2, 0.25) is 11.5 Å². The molecule has 0 atom stereocenters. The number of ether oxygens (including phenoxy) is 1. The van der Waals surface area contributed by atoms with E-state index in [1.165, 1.54) is 0 Å². The molecule has 0 unspecified atom stereocenters. The third-order valence-corrected chi connectivity index (χ3v) is 2.45. The van der Waals surface area contributed by atoms with Crippen molar-refractivity contribution in [1.29, 1.82) is 0 Å². The molecular formula is C14H9NO3. The Kier molecular flexibility index (Phi) is 2.53. The van der Waals surface area contributed by atoms with Crippen molar-refractivity contribution in [2.24, 2.45) is 0 Å². The fourth-order valence-corrected chi connectivity index (χ4v) is 1.62. The summed E-state index contributed by atoms with van der Waals surface area (Å²) in [6.45, 7) is 0. The maximum atomic E-state index is 11.8. The van der Waals surface area contributed by atoms with Crippen molar-refractivity contribution in [1.82, 2.24) is 4.98 Å². The standard InChI is InChI=1S/C14H9NO3/c16-14(17-11-6-2-1-3-7-11)12-9-10-5-4-8-15-13(10)18-12/h1-9H. The summed E-state index contributed by atoms with van der Waals surface area (Å²) in [5, 5.41) is 0.775. The number of pyridine rings is 1. The first-order valence-electron chi connectivity index (χ1n) is 5.45. The molecule has 18 heavy (non-hydrogen) atoms. The number of fused-ring (bicyclic) bond motifs is 1. The maximum absolute atomic E-state index is 11.8. The molecule has 0 aliphatic carbocycles. The van der Waals surface area contributed by atoms with Crippen LogP contribution in [0.2, 0.25) is 0 Å². The van der Waals surface area contributed by atoms with Crippen LogP contribution in [0.1, 0.15) is 10.6 Å². The Morgan fingerprint density at radius 1 is 1.11 bits per heavy atom. The van der Waals surface area contributed by atoms with Crippen molar-refractivity contribution in [3.8, 4) is 5.75 Å². The van der Waals surface area contributed by atoms with Gasteiger partial charge in [0, 0.05) is 17.6 Å². The van der Waals surface area contributed by atoms with Gasteiger partial charge < -0.3 is 9.15 Å². The van der Waals surface area contributed by atoms with E-state index in [1.807, 2.05) is 12.1 Å². The van der Waals surface area contributed by atoms with Crippen LogP contribution >= 0.6 is 0 Å². The lowest BCUT2D eigenvalue weighted by Crippen LogP contribution is -2.06. The Morgan fingerprint density at radius 2 is 1.94 bits per heavy atom. The Bertz CT molecular complexity index is 655. The molecule has 0 spiro atoms. The van der Waals surface area contributed by atoms with E-state index in [9.17, 15) is 4.79 Å². The molecule has 2 heterocycles. The van der Waals surface area contributed by atoms with Gasteiger partial charge in [-0.3, -0.25) is 0 Å². The number of para-hydroxylation sites is 1. The number of hydrogen-bond donors (Lipinski definition) is 0. The van der Waals surface area contributed by atoms with Crippen LogP contribution in [0.4, 0.5) is 0 Å². The third-order valence-electron chi connectivity index (χ3n) is 2.45. The van der Waals surface area contributed by atoms with Crippen molar-refractivity contribution < 1.29 is 13.9 Å². The number of nitrogens with zero attached hydrogens (tertiary/aromatic N) is 1. The van der Waals surface area contributed by atoms with Crippen LogP contribution in [0, 0.1) is 0 Å². The molecule has 3 aromatic rings. The SMILES string of the molecule is O=C(Oc1ccccc1)c1cc2cccnc2o1. The highest BCUT2D eigenvalue weighted by Crippen LogP contribution is 2.18. The number of esters is 1. The minimum absolute atomic E-state index is 0.146. The normalized spacial score (nSPS) is 10.4. The Labute approximate surface area is 103 Å². The largest absolute Gasteiger partial charge is 0.431 e. The molecule has 0 radical (unpaired) electrons. The zero-order valence-corrected chi connectivity index (χ0v) is 9.37. The van der Waals surface area contributed by atoms with Crippen molar-refractivity contribution in [3.63, 3.8) is 0 Å². The lowest BCUT2D eigenvalue weighted by molar-refractivity contribution is 0.0703. The molecular weight excluding hydrogens is 230 g/mol. The van der Waals surface area contributed by atoms with Crippen LogP contribution in [0.3, 0.4) is 0 Å². The van der Waals surface area contributed by atoms with Gasteiger partial charge >= 0.3 is 5.97 Å². The van der Waals surface area contributed by atoms with E-state index in [0.29, 0.717) is 11.5 Å². The predicted octanol–water partition coefficient (Wildman–Crippen LogP) is 3.05. The highest BCUT2D eigenvalue weighted by atomic mass is 16.5. The summed E-state index contributed by atoms with van der Waals surface area (Å²) in [4.78, 5) is 15.9. The van der Waals surface area contributed by atoms with Gasteiger partial charge in [-0.05, 0) is 24.3 Å². The second kappa shape index (κ2) is 4.33. The summed E-state index contributed by atoms with van der Waals surface area (Å²) in [5.74, 6) is 0.0997. The lowest BCUT2D eigenvalue weighted by Gasteiger charge is -2.00. The number of furan rings is 1. The highest BCUT2D eigenvalue weighted by molar-refractivity contribution is 5.92. The van der Waals surface area contributed by atoms with Gasteiger partial charge in [0.05, 0.1) is 0 Å². The zero-order chi connectivity index (χ0) is 12.4. The molecule has 0 saturated carbocycles. The first-order chi connectivity index (χ1) is 8.83. The molecule has 0 fully saturated rings. The first-order valence-corrected chi connectivity index (χ1v) is 5.45. The number of carbonyl (C=O) groups excluding carboxylic acids is 1. The monoisotopic (exact) mass is 239 g/mol. The average Bonchev–Trinajstić information content (AvgIpc) is 2.84. The van der Waals surface area contributed by atoms with Crippen LogP contribution in [0.15, 0.2) is 59.1 Å². The topological polar surface area (TPSA) is 52.3 Å². The van der Waals surface area contributed by atoms with Gasteiger partial charge in [-0.25, -0.2) is 9.78 Å². The van der Waals surface area contributed by atoms with Crippen LogP contribution < -0.4 is 4.74 Å². The summed E-state index contributed by atoms with van der Waals surface area (Å²) in [6.07, 6.45) is 1.61. The van der Waals surface area contributed by atoms with Crippen LogP contribution in [0.25, 0.3) is 11.1 Å². The summed E-state index contributed by atoms with van der Waals surface area (Å²) in [5.41, 5.74) is 0.428. The number of rotatable bonds is 2. The van der Waals surface area contributed by atoms with Crippen molar-refractivity contribution >= 4 is 17.1 Å². The highest BCUT2D eigenvalue weighted by Gasteiger charge is 2.14. The minimum atomic E-state index is -0.529. The van der Waals surface area contributed by atoms with Crippen LogP contribution in [-0.4, -0.2) is 11.0 Å². The quantitative estimate of drug-likeness (QED) is 0.509. The van der Waals surface area contributed by atoms with E-state index in [-0.39, 0.29) is 5.76 Å². The fourth-order valence-electron chi connectivity index (χ4n) is 1.62. The molecule has 0 amide bonds. The summed E-state index contributed by atoms with van der Waals surface area (Å²) < 4.78 is 10.5. The van der Waals surface area contributed by atoms with Crippen molar-refractivity contribution in [2.75, 3.05) is 0 Å². The Hall–Kier alpha value is -2.62. The van der Waals surface area contributed by atoms with Gasteiger partial charge in [-0.2, -0.15) is 0 Å². The smallest absolute Gasteiger partial charge is 0.379 e. The van der Waals surface area contributed by atoms with E-state index in [0.717, 1.165) is 5.39 Å². The molecule has 0 aliphatic heterocycles. The van der Waals surface area contributed by atoms with Gasteiger partial charge in [-0.15, -0.1) is 0 Å². The van der Waals surface area contributed by atoms with Gasteiger partial charge in [0.25, 0.3) is 0 Å². The molecule has 0 aliphatic rings. The second-order valence-corrected chi connectivity index (χ2v) is 3.71. The second-order valence-electron chi connectivity index (χ2n) is 3.71. The molecule has 4 nitrogen and oxygen atoms in total. The number of aromatic nitrogens is 1. The van der Waals surface area contributed by atoms with Crippen molar-refractivity contribution in [2.45, 2.75) is 0 Å². The molecule has 2 aromatic heterocycles. The van der Waals surface area contributed by atoms with E-state index in [1.54, 1.807) is 42.6 Å². The lowest BCUT2D eigenvalue weighted by atomic mass is 10.3. The molecule has 0 N–H and O–H groups in total. The molecule has 0 saturated heterocycles. The van der Waals surface area contributed by atoms with E-state index < -0.39 is 5.97 Å². The minimum Gasteiger partial charge on any atom is -0.431 e. The van der Waals surface area contributed by atoms with Gasteiger partial charge in [0.15, 0.2) is 0 Å². The number of carbonyl (C=O) groups is 1. The average molecular weight is 239 g/mol. The molecule has 1 aromatic carbocycles. The maximum Gasteiger partial charge on any atom is 0.379 e. The van der Waals surface area contributed by atoms with Gasteiger partial charge in [0.1, 0.15) is 5.75 Å². The van der Waals surface area contributed by atoms with Crippen molar-refractivity contribution in [3.05, 3.63) is 60.5 Å². The Balaban J connectivity index is 1.88. The summed E-state index contributed by atoms with van der Waals surface area (Å²) in [7, 11) is 0. The van der Waals surface area contributed by atoms with Gasteiger partial charge in [-0.1, -0.05) is 18.2 Å². The number of benzene rings is 1. The molecule has 3 rings (SSSR count). The van der Waals surface area contributed by atoms with E-state index in [2.05, 4.69) is 4.98 Å². The summed E-state index contributed by atoms with van der Waals surface area (Å²) in [6, 6.07) is 14.1. The molecule has 0 bridgehead atoms. The molecule has 88 valence electrons. The molecule has 4 heteroatoms. The van der Waals surface area contributed by atoms with Crippen LogP contribution in [0.5, 0.6) is 5.75 Å². The zero-order valence-electron chi connectivity index (χ0n) is 9.37. The van der Waals surface area contributed by atoms with E-state index >= 15 is 0 Å². The van der Waals surface area contributed by atoms with E-state index in [4.69, 9.17) is 9.15 Å². The number of hydrogen-bond acceptors (Lipinski definition) is 4. The first kappa shape index (κ1) is 10.5. The Morgan fingerprint density at radius 3 is 2.72 bits per heavy atom. The predicted molar refractivity (Wildman–Crippen MR) is 65.4 cm³/mol. The van der Waals surface area contributed by atoms with Crippen LogP contribution in [-0.2, 0) is 0 Å².